The molecule has 0 saturated carbocycles. The minimum atomic E-state index is 0. The van der Waals surface area contributed by atoms with E-state index in [1.165, 1.54) is 30.6 Å². The van der Waals surface area contributed by atoms with Crippen molar-refractivity contribution in [2.45, 2.75) is 39.2 Å². The van der Waals surface area contributed by atoms with Crippen molar-refractivity contribution in [2.75, 3.05) is 13.6 Å². The van der Waals surface area contributed by atoms with E-state index in [1.807, 2.05) is 7.05 Å². The van der Waals surface area contributed by atoms with E-state index in [-0.39, 0.29) is 24.0 Å². The molecule has 0 aliphatic heterocycles. The normalized spacial score (nSPS) is 10.9. The Balaban J connectivity index is 0.00000289. The summed E-state index contributed by atoms with van der Waals surface area (Å²) in [6.07, 6.45) is 5.12. The zero-order chi connectivity index (χ0) is 12.3. The maximum Gasteiger partial charge on any atom is 0.191 e. The molecule has 1 rings (SSSR count). The van der Waals surface area contributed by atoms with Crippen molar-refractivity contribution >= 4 is 41.3 Å². The van der Waals surface area contributed by atoms with Gasteiger partial charge in [0.05, 0.1) is 6.54 Å². The number of thiophene rings is 1. The minimum Gasteiger partial charge on any atom is -0.356 e. The predicted octanol–water partition coefficient (Wildman–Crippen LogP) is 3.61. The van der Waals surface area contributed by atoms with Crippen LogP contribution in [0.3, 0.4) is 0 Å². The van der Waals surface area contributed by atoms with E-state index < -0.39 is 0 Å². The van der Waals surface area contributed by atoms with Gasteiger partial charge in [-0.1, -0.05) is 32.3 Å². The van der Waals surface area contributed by atoms with E-state index in [2.05, 4.69) is 40.1 Å². The van der Waals surface area contributed by atoms with E-state index in [0.29, 0.717) is 0 Å². The van der Waals surface area contributed by atoms with Crippen molar-refractivity contribution in [3.05, 3.63) is 22.4 Å². The van der Waals surface area contributed by atoms with Gasteiger partial charge in [0.2, 0.25) is 0 Å². The molecule has 1 aromatic heterocycles. The Labute approximate surface area is 131 Å². The van der Waals surface area contributed by atoms with Gasteiger partial charge in [0.15, 0.2) is 5.96 Å². The highest BCUT2D eigenvalue weighted by Gasteiger charge is 1.98. The molecule has 0 bridgehead atoms. The molecular formula is C13H24IN3S. The van der Waals surface area contributed by atoms with E-state index in [4.69, 9.17) is 0 Å². The number of unbranched alkanes of at least 4 members (excludes halogenated alkanes) is 3. The third-order valence-corrected chi connectivity index (χ3v) is 3.43. The number of nitrogens with zero attached hydrogens (tertiary/aromatic N) is 1. The van der Waals surface area contributed by atoms with Crippen molar-refractivity contribution in [3.63, 3.8) is 0 Å². The minimum absolute atomic E-state index is 0. The number of halogens is 1. The molecule has 2 N–H and O–H groups in total. The van der Waals surface area contributed by atoms with Crippen LogP contribution in [-0.4, -0.2) is 19.6 Å². The SMILES string of the molecule is CCCCCCNC(=NC)NCc1cccs1.I. The monoisotopic (exact) mass is 381 g/mol. The van der Waals surface area contributed by atoms with Crippen LogP contribution in [0, 0.1) is 0 Å². The smallest absolute Gasteiger partial charge is 0.191 e. The van der Waals surface area contributed by atoms with Crippen LogP contribution < -0.4 is 10.6 Å². The highest BCUT2D eigenvalue weighted by molar-refractivity contribution is 14.0. The number of nitrogens with one attached hydrogen (secondary N) is 2. The van der Waals surface area contributed by atoms with Crippen molar-refractivity contribution in [2.24, 2.45) is 4.99 Å². The van der Waals surface area contributed by atoms with E-state index >= 15 is 0 Å². The molecule has 0 atom stereocenters. The Bertz CT molecular complexity index is 312. The summed E-state index contributed by atoms with van der Waals surface area (Å²) in [5.41, 5.74) is 0. The molecule has 1 heterocycles. The highest BCUT2D eigenvalue weighted by Crippen LogP contribution is 2.07. The molecule has 0 spiro atoms. The lowest BCUT2D eigenvalue weighted by Crippen LogP contribution is -2.37. The van der Waals surface area contributed by atoms with Crippen LogP contribution in [0.15, 0.2) is 22.5 Å². The number of hydrogen-bond donors (Lipinski definition) is 2. The summed E-state index contributed by atoms with van der Waals surface area (Å²) in [5.74, 6) is 0.898. The lowest BCUT2D eigenvalue weighted by molar-refractivity contribution is 0.647. The lowest BCUT2D eigenvalue weighted by atomic mass is 10.2. The van der Waals surface area contributed by atoms with Gasteiger partial charge >= 0.3 is 0 Å². The van der Waals surface area contributed by atoms with Crippen LogP contribution in [0.5, 0.6) is 0 Å². The molecule has 0 unspecified atom stereocenters. The van der Waals surface area contributed by atoms with Crippen LogP contribution in [-0.2, 0) is 6.54 Å². The second-order valence-corrected chi connectivity index (χ2v) is 5.02. The molecule has 0 fully saturated rings. The van der Waals surface area contributed by atoms with Gasteiger partial charge in [0.1, 0.15) is 0 Å². The largest absolute Gasteiger partial charge is 0.356 e. The molecule has 0 aromatic carbocycles. The molecular weight excluding hydrogens is 357 g/mol. The van der Waals surface area contributed by atoms with Crippen LogP contribution in [0.1, 0.15) is 37.5 Å². The fraction of sp³-hybridized carbons (Fsp3) is 0.615. The van der Waals surface area contributed by atoms with Crippen molar-refractivity contribution in [1.82, 2.24) is 10.6 Å². The van der Waals surface area contributed by atoms with Crippen LogP contribution in [0.25, 0.3) is 0 Å². The van der Waals surface area contributed by atoms with E-state index in [9.17, 15) is 0 Å². The van der Waals surface area contributed by atoms with E-state index in [0.717, 1.165) is 19.0 Å². The van der Waals surface area contributed by atoms with Gasteiger partial charge in [-0.25, -0.2) is 0 Å². The zero-order valence-corrected chi connectivity index (χ0v) is 14.4. The third-order valence-electron chi connectivity index (χ3n) is 2.56. The average molecular weight is 381 g/mol. The number of hydrogen-bond acceptors (Lipinski definition) is 2. The van der Waals surface area contributed by atoms with Crippen LogP contribution in [0.2, 0.25) is 0 Å². The average Bonchev–Trinajstić information content (AvgIpc) is 2.86. The fourth-order valence-electron chi connectivity index (χ4n) is 1.56. The Hall–Kier alpha value is -0.300. The molecule has 0 amide bonds. The van der Waals surface area contributed by atoms with Gasteiger partial charge in [0, 0.05) is 18.5 Å². The van der Waals surface area contributed by atoms with Crippen molar-refractivity contribution in [1.29, 1.82) is 0 Å². The molecule has 18 heavy (non-hydrogen) atoms. The van der Waals surface area contributed by atoms with Gasteiger partial charge in [-0.3, -0.25) is 4.99 Å². The summed E-state index contributed by atoms with van der Waals surface area (Å²) in [6, 6.07) is 4.20. The summed E-state index contributed by atoms with van der Waals surface area (Å²) < 4.78 is 0. The van der Waals surface area contributed by atoms with Crippen molar-refractivity contribution in [3.8, 4) is 0 Å². The number of guanidine groups is 1. The van der Waals surface area contributed by atoms with Gasteiger partial charge < -0.3 is 10.6 Å². The first-order chi connectivity index (χ1) is 8.36. The van der Waals surface area contributed by atoms with Gasteiger partial charge in [-0.2, -0.15) is 0 Å². The summed E-state index contributed by atoms with van der Waals surface area (Å²) in [7, 11) is 1.82. The van der Waals surface area contributed by atoms with Gasteiger partial charge in [-0.05, 0) is 17.9 Å². The first kappa shape index (κ1) is 17.7. The van der Waals surface area contributed by atoms with Gasteiger partial charge in [-0.15, -0.1) is 35.3 Å². The van der Waals surface area contributed by atoms with Gasteiger partial charge in [0.25, 0.3) is 0 Å². The summed E-state index contributed by atoms with van der Waals surface area (Å²) >= 11 is 1.77. The fourth-order valence-corrected chi connectivity index (χ4v) is 2.21. The Morgan fingerprint density at radius 2 is 2.11 bits per heavy atom. The third kappa shape index (κ3) is 7.92. The molecule has 5 heteroatoms. The molecule has 0 aliphatic carbocycles. The van der Waals surface area contributed by atoms with Crippen LogP contribution in [0.4, 0.5) is 0 Å². The topological polar surface area (TPSA) is 36.4 Å². The summed E-state index contributed by atoms with van der Waals surface area (Å²) in [5, 5.41) is 8.74. The summed E-state index contributed by atoms with van der Waals surface area (Å²) in [4.78, 5) is 5.54. The highest BCUT2D eigenvalue weighted by atomic mass is 127. The zero-order valence-electron chi connectivity index (χ0n) is 11.2. The number of aliphatic imine (C=N–C) groups is 1. The molecule has 104 valence electrons. The maximum atomic E-state index is 4.20. The quantitative estimate of drug-likeness (QED) is 0.328. The summed E-state index contributed by atoms with van der Waals surface area (Å²) in [6.45, 7) is 4.09. The van der Waals surface area contributed by atoms with E-state index in [1.54, 1.807) is 11.3 Å². The predicted molar refractivity (Wildman–Crippen MR) is 92.1 cm³/mol. The second-order valence-electron chi connectivity index (χ2n) is 3.99. The second kappa shape index (κ2) is 11.8. The molecule has 3 nitrogen and oxygen atoms in total. The Morgan fingerprint density at radius 3 is 2.72 bits per heavy atom. The molecule has 0 saturated heterocycles. The maximum absolute atomic E-state index is 4.20. The number of rotatable bonds is 7. The van der Waals surface area contributed by atoms with Crippen LogP contribution >= 0.6 is 35.3 Å². The lowest BCUT2D eigenvalue weighted by Gasteiger charge is -2.10. The Kier molecular flexibility index (Phi) is 11.6. The standard InChI is InChI=1S/C13H23N3S.HI/c1-3-4-5-6-9-15-13(14-2)16-11-12-8-7-10-17-12;/h7-8,10H,3-6,9,11H2,1-2H3,(H2,14,15,16);1H. The molecule has 0 radical (unpaired) electrons. The Morgan fingerprint density at radius 1 is 1.28 bits per heavy atom. The first-order valence-electron chi connectivity index (χ1n) is 6.33. The first-order valence-corrected chi connectivity index (χ1v) is 7.21. The molecule has 0 aliphatic rings. The molecule has 1 aromatic rings. The van der Waals surface area contributed by atoms with Crippen molar-refractivity contribution < 1.29 is 0 Å².